The summed E-state index contributed by atoms with van der Waals surface area (Å²) in [5.41, 5.74) is -0.610. The van der Waals surface area contributed by atoms with Crippen LogP contribution in [0.4, 0.5) is 18.0 Å². The molecule has 41 heavy (non-hydrogen) atoms. The number of halogens is 3. The van der Waals surface area contributed by atoms with Crippen molar-refractivity contribution in [2.75, 3.05) is 13.2 Å². The normalized spacial score (nSPS) is 12.4. The number of rotatable bonds is 10. The van der Waals surface area contributed by atoms with Crippen molar-refractivity contribution >= 4 is 24.3 Å². The van der Waals surface area contributed by atoms with Crippen LogP contribution in [0.1, 0.15) is 49.5 Å². The minimum atomic E-state index is -4.49. The molecule has 2 aromatic heterocycles. The minimum absolute atomic E-state index is 0.0184. The second kappa shape index (κ2) is 12.9. The third kappa shape index (κ3) is 8.25. The summed E-state index contributed by atoms with van der Waals surface area (Å²) >= 11 is 0. The summed E-state index contributed by atoms with van der Waals surface area (Å²) in [6, 6.07) is 10.5. The number of carbonyl (C=O) groups is 2. The predicted molar refractivity (Wildman–Crippen MR) is 140 cm³/mol. The van der Waals surface area contributed by atoms with Crippen LogP contribution in [0, 0.1) is 16.7 Å². The molecule has 0 saturated heterocycles. The van der Waals surface area contributed by atoms with E-state index in [0.29, 0.717) is 11.1 Å². The van der Waals surface area contributed by atoms with E-state index in [1.165, 1.54) is 32.9 Å². The molecule has 2 heterocycles. The van der Waals surface area contributed by atoms with Crippen molar-refractivity contribution in [2.45, 2.75) is 33.2 Å². The van der Waals surface area contributed by atoms with Gasteiger partial charge in [-0.2, -0.15) is 18.4 Å². The van der Waals surface area contributed by atoms with Gasteiger partial charge in [0.1, 0.15) is 25.0 Å². The molecular formula is C28H26F3N5O5. The average Bonchev–Trinajstić information content (AvgIpc) is 3.38. The van der Waals surface area contributed by atoms with Gasteiger partial charge < -0.3 is 14.2 Å². The maximum atomic E-state index is 13.0. The summed E-state index contributed by atoms with van der Waals surface area (Å²) in [4.78, 5) is 29.3. The van der Waals surface area contributed by atoms with Crippen molar-refractivity contribution in [1.29, 1.82) is 5.26 Å². The molecule has 0 saturated carbocycles. The monoisotopic (exact) mass is 569 g/mol. The number of hydrogen-bond acceptors (Lipinski definition) is 9. The van der Waals surface area contributed by atoms with Gasteiger partial charge in [-0.25, -0.2) is 4.79 Å². The Morgan fingerprint density at radius 2 is 1.90 bits per heavy atom. The smallest absolute Gasteiger partial charge is 0.461 e. The van der Waals surface area contributed by atoms with Gasteiger partial charge in [0.05, 0.1) is 16.7 Å². The molecule has 0 aliphatic heterocycles. The van der Waals surface area contributed by atoms with Gasteiger partial charge in [-0.1, -0.05) is 36.9 Å². The number of aromatic nitrogens is 4. The molecule has 0 radical (unpaired) electrons. The molecule has 1 unspecified atom stereocenters. The van der Waals surface area contributed by atoms with Crippen LogP contribution >= 0.6 is 0 Å². The van der Waals surface area contributed by atoms with E-state index in [1.807, 2.05) is 6.07 Å². The van der Waals surface area contributed by atoms with Crippen molar-refractivity contribution in [3.8, 4) is 17.3 Å². The number of nitrogens with zero attached hydrogens (tertiary/aromatic N) is 5. The van der Waals surface area contributed by atoms with Gasteiger partial charge in [0, 0.05) is 11.8 Å². The van der Waals surface area contributed by atoms with Crippen LogP contribution < -0.4 is 0 Å². The molecule has 0 aliphatic rings. The lowest BCUT2D eigenvalue weighted by Crippen LogP contribution is -2.33. The number of carbonyl (C=O) groups excluding carboxylic acids is 2. The molecule has 13 heteroatoms. The molecule has 1 aromatic carbocycles. The molecule has 0 fully saturated rings. The molecular weight excluding hydrogens is 543 g/mol. The first-order chi connectivity index (χ1) is 19.3. The van der Waals surface area contributed by atoms with Crippen LogP contribution in [0.2, 0.25) is 0 Å². The molecule has 1 atom stereocenters. The summed E-state index contributed by atoms with van der Waals surface area (Å²) in [5, 5.41) is 18.0. The van der Waals surface area contributed by atoms with E-state index >= 15 is 0 Å². The quantitative estimate of drug-likeness (QED) is 0.219. The Labute approximate surface area is 233 Å². The Balaban J connectivity index is 1.71. The van der Waals surface area contributed by atoms with Crippen molar-refractivity contribution in [3.63, 3.8) is 0 Å². The molecule has 10 nitrogen and oxygen atoms in total. The Hall–Kier alpha value is -4.99. The van der Waals surface area contributed by atoms with Crippen molar-refractivity contribution in [3.05, 3.63) is 77.8 Å². The molecule has 0 bridgehead atoms. The highest BCUT2D eigenvalue weighted by atomic mass is 19.4. The van der Waals surface area contributed by atoms with Gasteiger partial charge in [0.15, 0.2) is 5.69 Å². The molecule has 3 aromatic rings. The van der Waals surface area contributed by atoms with Gasteiger partial charge in [0.25, 0.3) is 0 Å². The summed E-state index contributed by atoms with van der Waals surface area (Å²) in [5.74, 6) is -0.585. The molecule has 0 N–H and O–H groups in total. The zero-order valence-corrected chi connectivity index (χ0v) is 22.4. The maximum absolute atomic E-state index is 13.0. The number of alkyl halides is 3. The first-order valence-corrected chi connectivity index (χ1v) is 12.1. The average molecular weight is 570 g/mol. The second-order valence-corrected chi connectivity index (χ2v) is 9.28. The summed E-state index contributed by atoms with van der Waals surface area (Å²) in [7, 11) is 0. The van der Waals surface area contributed by atoms with Gasteiger partial charge in [-0.15, -0.1) is 15.0 Å². The predicted octanol–water partition coefficient (Wildman–Crippen LogP) is 5.83. The lowest BCUT2D eigenvalue weighted by molar-refractivity contribution is -0.155. The Morgan fingerprint density at radius 3 is 2.59 bits per heavy atom. The van der Waals surface area contributed by atoms with Crippen LogP contribution in [0.5, 0.6) is 0 Å². The number of benzene rings is 1. The number of esters is 1. The van der Waals surface area contributed by atoms with Gasteiger partial charge in [-0.05, 0) is 50.6 Å². The molecule has 0 aliphatic carbocycles. The highest BCUT2D eigenvalue weighted by Gasteiger charge is 2.32. The van der Waals surface area contributed by atoms with Crippen LogP contribution in [0.25, 0.3) is 23.4 Å². The highest BCUT2D eigenvalue weighted by molar-refractivity contribution is 5.76. The lowest BCUT2D eigenvalue weighted by atomic mass is 9.95. The van der Waals surface area contributed by atoms with Gasteiger partial charge in [-0.3, -0.25) is 9.78 Å². The Bertz CT molecular complexity index is 1490. The first-order valence-electron chi connectivity index (χ1n) is 12.1. The molecule has 3 rings (SSSR count). The summed E-state index contributed by atoms with van der Waals surface area (Å²) in [6.45, 7) is 7.70. The van der Waals surface area contributed by atoms with Crippen LogP contribution in [0.3, 0.4) is 0 Å². The van der Waals surface area contributed by atoms with E-state index in [4.69, 9.17) is 14.2 Å². The number of nitriles is 1. The van der Waals surface area contributed by atoms with Crippen molar-refractivity contribution < 1.29 is 37.0 Å². The second-order valence-electron chi connectivity index (χ2n) is 9.28. The number of ether oxygens (including phenoxy) is 3. The standard InChI is InChI=1S/C28H26F3N5O5/c1-5-13-39-25(37)27(3,4)17-40-26(38)41-18(2)36-34-23(16-32)24(35-36)20-8-6-7-19(14-20)9-10-22-15-21(11-12-33-22)28(29,30)31/h5-12,14-15,18H,1,13,17H2,2-4H3. The van der Waals surface area contributed by atoms with E-state index < -0.39 is 35.5 Å². The Kier molecular flexibility index (Phi) is 9.62. The third-order valence-corrected chi connectivity index (χ3v) is 5.48. The van der Waals surface area contributed by atoms with Crippen LogP contribution in [-0.2, 0) is 25.2 Å². The van der Waals surface area contributed by atoms with Gasteiger partial charge >= 0.3 is 18.3 Å². The minimum Gasteiger partial charge on any atom is -0.461 e. The Morgan fingerprint density at radius 1 is 1.15 bits per heavy atom. The molecule has 214 valence electrons. The van der Waals surface area contributed by atoms with E-state index in [9.17, 15) is 28.0 Å². The first kappa shape index (κ1) is 30.6. The van der Waals surface area contributed by atoms with Crippen LogP contribution in [-0.4, -0.2) is 45.3 Å². The zero-order chi connectivity index (χ0) is 30.2. The fourth-order valence-electron chi connectivity index (χ4n) is 3.29. The number of hydrogen-bond donors (Lipinski definition) is 0. The zero-order valence-electron chi connectivity index (χ0n) is 22.4. The van der Waals surface area contributed by atoms with Gasteiger partial charge in [0.2, 0.25) is 6.23 Å². The summed E-state index contributed by atoms with van der Waals surface area (Å²) < 4.78 is 54.2. The summed E-state index contributed by atoms with van der Waals surface area (Å²) in [6.07, 6.45) is -1.16. The highest BCUT2D eigenvalue weighted by Crippen LogP contribution is 2.29. The maximum Gasteiger partial charge on any atom is 0.510 e. The van der Waals surface area contributed by atoms with Crippen LogP contribution in [0.15, 0.2) is 55.3 Å². The number of pyridine rings is 1. The lowest BCUT2D eigenvalue weighted by Gasteiger charge is -2.22. The van der Waals surface area contributed by atoms with E-state index in [2.05, 4.69) is 21.8 Å². The SMILES string of the molecule is C=CCOC(=O)C(C)(C)COC(=O)OC(C)n1nc(C#N)c(-c2cccc(C=Cc3cc(C(F)(F)F)ccn3)c2)n1. The third-order valence-electron chi connectivity index (χ3n) is 5.48. The van der Waals surface area contributed by atoms with E-state index in [0.717, 1.165) is 23.1 Å². The fourth-order valence-corrected chi connectivity index (χ4v) is 3.29. The van der Waals surface area contributed by atoms with Crippen molar-refractivity contribution in [2.24, 2.45) is 5.41 Å². The molecule has 0 amide bonds. The molecule has 0 spiro atoms. The van der Waals surface area contributed by atoms with E-state index in [-0.39, 0.29) is 30.3 Å². The topological polar surface area (TPSA) is 129 Å². The van der Waals surface area contributed by atoms with E-state index in [1.54, 1.807) is 30.3 Å². The fraction of sp³-hybridized carbons (Fsp3) is 0.286. The van der Waals surface area contributed by atoms with Crippen molar-refractivity contribution in [1.82, 2.24) is 20.0 Å². The largest absolute Gasteiger partial charge is 0.510 e.